The third-order valence-electron chi connectivity index (χ3n) is 2.59. The number of hydrogen-bond acceptors (Lipinski definition) is 2. The lowest BCUT2D eigenvalue weighted by atomic mass is 10.2. The van der Waals surface area contributed by atoms with Crippen LogP contribution in [0.25, 0.3) is 0 Å². The second-order valence-corrected chi connectivity index (χ2v) is 5.12. The van der Waals surface area contributed by atoms with Gasteiger partial charge in [-0.25, -0.2) is 0 Å². The van der Waals surface area contributed by atoms with E-state index in [1.54, 1.807) is 18.2 Å². The molecule has 19 heavy (non-hydrogen) atoms. The Labute approximate surface area is 123 Å². The Morgan fingerprint density at radius 3 is 2.26 bits per heavy atom. The summed E-state index contributed by atoms with van der Waals surface area (Å²) in [5.74, 6) is 0.684. The lowest BCUT2D eigenvalue weighted by Crippen LogP contribution is -2.11. The lowest BCUT2D eigenvalue weighted by molar-refractivity contribution is 0.333. The molecular weight excluding hydrogens is 281 g/mol. The van der Waals surface area contributed by atoms with Gasteiger partial charge in [0.05, 0.1) is 0 Å². The van der Waals surface area contributed by atoms with E-state index < -0.39 is 0 Å². The van der Waals surface area contributed by atoms with Gasteiger partial charge in [-0.1, -0.05) is 40.9 Å². The highest BCUT2D eigenvalue weighted by Gasteiger charge is 1.99. The molecule has 0 unspecified atom stereocenters. The van der Waals surface area contributed by atoms with Crippen LogP contribution in [0.5, 0.6) is 5.75 Å². The van der Waals surface area contributed by atoms with Crippen LogP contribution in [0.3, 0.4) is 0 Å². The zero-order valence-corrected chi connectivity index (χ0v) is 12.1. The van der Waals surface area contributed by atoms with Crippen molar-refractivity contribution in [3.63, 3.8) is 0 Å². The van der Waals surface area contributed by atoms with Crippen LogP contribution in [0.1, 0.15) is 5.56 Å². The number of benzene rings is 2. The Hall–Kier alpha value is -1.38. The van der Waals surface area contributed by atoms with E-state index in [4.69, 9.17) is 27.9 Å². The molecule has 0 atom stereocenters. The van der Waals surface area contributed by atoms with E-state index in [-0.39, 0.29) is 0 Å². The number of nitrogens with one attached hydrogen (secondary N) is 1. The standard InChI is InChI=1S/C15H15Cl2NO/c1-11-2-4-14(5-3-11)18-6-7-19-15-9-12(16)8-13(17)10-15/h2-5,8-10,18H,6-7H2,1H3. The largest absolute Gasteiger partial charge is 0.492 e. The summed E-state index contributed by atoms with van der Waals surface area (Å²) >= 11 is 11.8. The minimum atomic E-state index is 0.546. The second-order valence-electron chi connectivity index (χ2n) is 4.25. The maximum Gasteiger partial charge on any atom is 0.122 e. The van der Waals surface area contributed by atoms with Crippen molar-refractivity contribution < 1.29 is 4.74 Å². The Balaban J connectivity index is 1.79. The van der Waals surface area contributed by atoms with Gasteiger partial charge in [0.15, 0.2) is 0 Å². The molecule has 0 saturated heterocycles. The molecule has 0 amide bonds. The average Bonchev–Trinajstić information content (AvgIpc) is 2.36. The monoisotopic (exact) mass is 295 g/mol. The fraction of sp³-hybridized carbons (Fsp3) is 0.200. The van der Waals surface area contributed by atoms with Crippen molar-refractivity contribution in [1.82, 2.24) is 0 Å². The fourth-order valence-electron chi connectivity index (χ4n) is 1.65. The third-order valence-corrected chi connectivity index (χ3v) is 3.02. The lowest BCUT2D eigenvalue weighted by Gasteiger charge is -2.09. The van der Waals surface area contributed by atoms with Gasteiger partial charge in [0.25, 0.3) is 0 Å². The number of aryl methyl sites for hydroxylation is 1. The molecule has 0 aliphatic heterocycles. The minimum absolute atomic E-state index is 0.546. The van der Waals surface area contributed by atoms with Gasteiger partial charge >= 0.3 is 0 Å². The third kappa shape index (κ3) is 4.66. The molecule has 0 spiro atoms. The van der Waals surface area contributed by atoms with Crippen LogP contribution in [0.4, 0.5) is 5.69 Å². The highest BCUT2D eigenvalue weighted by Crippen LogP contribution is 2.24. The number of hydrogen-bond donors (Lipinski definition) is 1. The van der Waals surface area contributed by atoms with Crippen LogP contribution in [0, 0.1) is 6.92 Å². The highest BCUT2D eigenvalue weighted by molar-refractivity contribution is 6.34. The van der Waals surface area contributed by atoms with Crippen molar-refractivity contribution in [2.45, 2.75) is 6.92 Å². The van der Waals surface area contributed by atoms with Gasteiger partial charge in [0.1, 0.15) is 12.4 Å². The first-order valence-electron chi connectivity index (χ1n) is 6.03. The summed E-state index contributed by atoms with van der Waals surface area (Å²) in [4.78, 5) is 0. The van der Waals surface area contributed by atoms with E-state index >= 15 is 0 Å². The second kappa shape index (κ2) is 6.69. The molecule has 0 saturated carbocycles. The van der Waals surface area contributed by atoms with Crippen LogP contribution >= 0.6 is 23.2 Å². The van der Waals surface area contributed by atoms with E-state index in [1.165, 1.54) is 5.56 Å². The Morgan fingerprint density at radius 1 is 1.00 bits per heavy atom. The molecule has 0 aliphatic carbocycles. The van der Waals surface area contributed by atoms with Crippen molar-refractivity contribution in [2.24, 2.45) is 0 Å². The Kier molecular flexibility index (Phi) is 4.94. The van der Waals surface area contributed by atoms with Gasteiger partial charge in [-0.2, -0.15) is 0 Å². The van der Waals surface area contributed by atoms with Gasteiger partial charge < -0.3 is 10.1 Å². The van der Waals surface area contributed by atoms with Crippen LogP contribution < -0.4 is 10.1 Å². The molecule has 2 aromatic carbocycles. The zero-order chi connectivity index (χ0) is 13.7. The maximum atomic E-state index is 5.89. The summed E-state index contributed by atoms with van der Waals surface area (Å²) in [7, 11) is 0. The first-order chi connectivity index (χ1) is 9.13. The predicted molar refractivity (Wildman–Crippen MR) is 81.6 cm³/mol. The molecule has 0 aliphatic rings. The molecule has 4 heteroatoms. The van der Waals surface area contributed by atoms with Crippen molar-refractivity contribution in [3.05, 3.63) is 58.1 Å². The molecule has 2 nitrogen and oxygen atoms in total. The molecule has 0 radical (unpaired) electrons. The molecule has 0 heterocycles. The topological polar surface area (TPSA) is 21.3 Å². The number of anilines is 1. The van der Waals surface area contributed by atoms with Crippen molar-refractivity contribution >= 4 is 28.9 Å². The van der Waals surface area contributed by atoms with Crippen LogP contribution in [-0.4, -0.2) is 13.2 Å². The summed E-state index contributed by atoms with van der Waals surface area (Å²) in [6.45, 7) is 3.33. The molecule has 0 bridgehead atoms. The van der Waals surface area contributed by atoms with Crippen LogP contribution in [0.2, 0.25) is 10.0 Å². The van der Waals surface area contributed by atoms with Crippen LogP contribution in [0.15, 0.2) is 42.5 Å². The highest BCUT2D eigenvalue weighted by atomic mass is 35.5. The Bertz CT molecular complexity index is 520. The van der Waals surface area contributed by atoms with E-state index in [1.807, 2.05) is 12.1 Å². The van der Waals surface area contributed by atoms with E-state index in [0.29, 0.717) is 28.9 Å². The van der Waals surface area contributed by atoms with E-state index in [9.17, 15) is 0 Å². The van der Waals surface area contributed by atoms with E-state index in [0.717, 1.165) is 5.69 Å². The number of halogens is 2. The van der Waals surface area contributed by atoms with Crippen molar-refractivity contribution in [1.29, 1.82) is 0 Å². The average molecular weight is 296 g/mol. The summed E-state index contributed by atoms with van der Waals surface area (Å²) in [6.07, 6.45) is 0. The van der Waals surface area contributed by atoms with Gasteiger partial charge in [0, 0.05) is 22.3 Å². The van der Waals surface area contributed by atoms with Crippen molar-refractivity contribution in [2.75, 3.05) is 18.5 Å². The van der Waals surface area contributed by atoms with Gasteiger partial charge in [-0.05, 0) is 37.3 Å². The number of ether oxygens (including phenoxy) is 1. The minimum Gasteiger partial charge on any atom is -0.492 e. The first-order valence-corrected chi connectivity index (χ1v) is 6.78. The quantitative estimate of drug-likeness (QED) is 0.801. The fourth-order valence-corrected chi connectivity index (χ4v) is 2.15. The van der Waals surface area contributed by atoms with Gasteiger partial charge in [0.2, 0.25) is 0 Å². The first kappa shape index (κ1) is 14.0. The van der Waals surface area contributed by atoms with Gasteiger partial charge in [-0.15, -0.1) is 0 Å². The molecule has 2 aromatic rings. The predicted octanol–water partition coefficient (Wildman–Crippen LogP) is 4.79. The molecule has 2 rings (SSSR count). The Morgan fingerprint density at radius 2 is 1.63 bits per heavy atom. The maximum absolute atomic E-state index is 5.89. The summed E-state index contributed by atoms with van der Waals surface area (Å²) < 4.78 is 5.58. The normalized spacial score (nSPS) is 10.3. The molecule has 1 N–H and O–H groups in total. The van der Waals surface area contributed by atoms with E-state index in [2.05, 4.69) is 24.4 Å². The zero-order valence-electron chi connectivity index (χ0n) is 10.6. The molecular formula is C15H15Cl2NO. The molecule has 100 valence electrons. The summed E-state index contributed by atoms with van der Waals surface area (Å²) in [5, 5.41) is 4.44. The summed E-state index contributed by atoms with van der Waals surface area (Å²) in [5.41, 5.74) is 2.33. The van der Waals surface area contributed by atoms with Gasteiger partial charge in [-0.3, -0.25) is 0 Å². The van der Waals surface area contributed by atoms with Crippen molar-refractivity contribution in [3.8, 4) is 5.75 Å². The molecule has 0 fully saturated rings. The smallest absolute Gasteiger partial charge is 0.122 e. The van der Waals surface area contributed by atoms with Crippen LogP contribution in [-0.2, 0) is 0 Å². The molecule has 0 aromatic heterocycles. The number of rotatable bonds is 5. The SMILES string of the molecule is Cc1ccc(NCCOc2cc(Cl)cc(Cl)c2)cc1. The summed E-state index contributed by atoms with van der Waals surface area (Å²) in [6, 6.07) is 13.4.